The van der Waals surface area contributed by atoms with Crippen LogP contribution in [0.2, 0.25) is 0 Å². The molecule has 0 saturated carbocycles. The Morgan fingerprint density at radius 2 is 1.68 bits per heavy atom. The zero-order chi connectivity index (χ0) is 18.6. The molecule has 0 atom stereocenters. The van der Waals surface area contributed by atoms with Gasteiger partial charge in [0.2, 0.25) is 0 Å². The Kier molecular flexibility index (Phi) is 5.26. The van der Waals surface area contributed by atoms with Gasteiger partial charge in [0.25, 0.3) is 5.91 Å². The third kappa shape index (κ3) is 4.69. The number of amides is 1. The second-order valence-corrected chi connectivity index (χ2v) is 4.75. The number of halogens is 3. The minimum absolute atomic E-state index is 0.128. The van der Waals surface area contributed by atoms with Crippen molar-refractivity contribution < 1.29 is 37.3 Å². The number of aromatic hydroxyl groups is 1. The number of carbonyl (C=O) groups excluding carboxylic acids is 1. The van der Waals surface area contributed by atoms with Gasteiger partial charge in [-0.2, -0.15) is 0 Å². The van der Waals surface area contributed by atoms with Crippen LogP contribution >= 0.6 is 0 Å². The molecule has 134 valence electrons. The van der Waals surface area contributed by atoms with Crippen molar-refractivity contribution in [3.63, 3.8) is 0 Å². The molecule has 1 amide bonds. The Morgan fingerprint density at radius 1 is 1.00 bits per heavy atom. The van der Waals surface area contributed by atoms with Gasteiger partial charge < -0.3 is 24.6 Å². The number of phenolic OH excluding ortho intramolecular Hbond substituents is 1. The summed E-state index contributed by atoms with van der Waals surface area (Å²) in [6.45, 7) is 0. The molecule has 0 bridgehead atoms. The molecule has 2 rings (SSSR count). The lowest BCUT2D eigenvalue weighted by molar-refractivity contribution is -0.274. The monoisotopic (exact) mass is 357 g/mol. The molecule has 0 fully saturated rings. The molecule has 0 spiro atoms. The maximum Gasteiger partial charge on any atom is 0.573 e. The normalized spacial score (nSPS) is 10.9. The molecule has 0 heterocycles. The highest BCUT2D eigenvalue weighted by Crippen LogP contribution is 2.34. The first-order valence-electron chi connectivity index (χ1n) is 6.85. The largest absolute Gasteiger partial charge is 0.573 e. The number of anilines is 1. The van der Waals surface area contributed by atoms with Gasteiger partial charge in [-0.25, -0.2) is 0 Å². The predicted octanol–water partition coefficient (Wildman–Crippen LogP) is 3.56. The molecule has 0 aromatic heterocycles. The van der Waals surface area contributed by atoms with Crippen LogP contribution in [-0.2, 0) is 0 Å². The number of methoxy groups -OCH3 is 2. The first-order valence-corrected chi connectivity index (χ1v) is 6.85. The number of hydrogen-bond acceptors (Lipinski definition) is 5. The van der Waals surface area contributed by atoms with E-state index in [1.807, 2.05) is 0 Å². The Balaban J connectivity index is 2.29. The van der Waals surface area contributed by atoms with Crippen LogP contribution in [0.1, 0.15) is 10.4 Å². The summed E-state index contributed by atoms with van der Waals surface area (Å²) in [6.07, 6.45) is -4.98. The molecule has 0 aliphatic carbocycles. The van der Waals surface area contributed by atoms with E-state index in [-0.39, 0.29) is 17.0 Å². The summed E-state index contributed by atoms with van der Waals surface area (Å²) in [5, 5.41) is 11.6. The van der Waals surface area contributed by atoms with E-state index in [2.05, 4.69) is 10.1 Å². The molecular formula is C16H14F3NO5. The van der Waals surface area contributed by atoms with E-state index in [1.54, 1.807) is 0 Å². The maximum absolute atomic E-state index is 12.4. The van der Waals surface area contributed by atoms with Gasteiger partial charge in [0.15, 0.2) is 17.2 Å². The molecule has 2 aromatic rings. The summed E-state index contributed by atoms with van der Waals surface area (Å²) < 4.78 is 51.3. The summed E-state index contributed by atoms with van der Waals surface area (Å²) in [7, 11) is 2.81. The van der Waals surface area contributed by atoms with E-state index in [9.17, 15) is 23.1 Å². The Hall–Kier alpha value is -3.10. The number of phenols is 1. The molecule has 25 heavy (non-hydrogen) atoms. The molecule has 9 heteroatoms. The van der Waals surface area contributed by atoms with Crippen molar-refractivity contribution >= 4 is 11.6 Å². The van der Waals surface area contributed by atoms with E-state index in [0.717, 1.165) is 18.2 Å². The lowest BCUT2D eigenvalue weighted by atomic mass is 10.1. The average molecular weight is 357 g/mol. The van der Waals surface area contributed by atoms with Crippen LogP contribution in [0.4, 0.5) is 18.9 Å². The second-order valence-electron chi connectivity index (χ2n) is 4.75. The minimum atomic E-state index is -4.98. The quantitative estimate of drug-likeness (QED) is 0.800. The van der Waals surface area contributed by atoms with Gasteiger partial charge in [0.1, 0.15) is 5.75 Å². The zero-order valence-corrected chi connectivity index (χ0v) is 13.2. The van der Waals surface area contributed by atoms with Gasteiger partial charge in [0.05, 0.1) is 19.9 Å². The lowest BCUT2D eigenvalue weighted by Crippen LogP contribution is -2.19. The highest BCUT2D eigenvalue weighted by molar-refractivity contribution is 6.05. The van der Waals surface area contributed by atoms with E-state index >= 15 is 0 Å². The minimum Gasteiger partial charge on any atom is -0.508 e. The summed E-state index contributed by atoms with van der Waals surface area (Å²) in [5.41, 5.74) is -0.126. The van der Waals surface area contributed by atoms with Crippen molar-refractivity contribution in [3.8, 4) is 23.0 Å². The van der Waals surface area contributed by atoms with Crippen molar-refractivity contribution in [1.82, 2.24) is 0 Å². The number of ether oxygens (including phenoxy) is 3. The van der Waals surface area contributed by atoms with Crippen LogP contribution < -0.4 is 19.5 Å². The van der Waals surface area contributed by atoms with E-state index in [4.69, 9.17) is 9.47 Å². The standard InChI is InChI=1S/C16H14F3NO5/c1-23-12-6-3-9(7-14(12)24-2)15(22)20-11-5-4-10(21)8-13(11)25-16(17,18)19/h3-8,21H,1-2H3,(H,20,22). The van der Waals surface area contributed by atoms with Crippen LogP contribution in [0.5, 0.6) is 23.0 Å². The van der Waals surface area contributed by atoms with Gasteiger partial charge in [-0.3, -0.25) is 4.79 Å². The Morgan fingerprint density at radius 3 is 2.28 bits per heavy atom. The summed E-state index contributed by atoms with van der Waals surface area (Å²) in [4.78, 5) is 12.3. The smallest absolute Gasteiger partial charge is 0.508 e. The topological polar surface area (TPSA) is 77.0 Å². The molecule has 2 aromatic carbocycles. The first kappa shape index (κ1) is 18.2. The van der Waals surface area contributed by atoms with E-state index in [1.165, 1.54) is 32.4 Å². The number of nitrogens with one attached hydrogen (secondary N) is 1. The van der Waals surface area contributed by atoms with Crippen LogP contribution in [-0.4, -0.2) is 31.6 Å². The van der Waals surface area contributed by atoms with Gasteiger partial charge >= 0.3 is 6.36 Å². The molecular weight excluding hydrogens is 343 g/mol. The van der Waals surface area contributed by atoms with Crippen molar-refractivity contribution in [2.24, 2.45) is 0 Å². The van der Waals surface area contributed by atoms with Crippen LogP contribution in [0, 0.1) is 0 Å². The number of benzene rings is 2. The molecule has 0 aliphatic heterocycles. The SMILES string of the molecule is COc1ccc(C(=O)Nc2ccc(O)cc2OC(F)(F)F)cc1OC. The third-order valence-electron chi connectivity index (χ3n) is 3.08. The van der Waals surface area contributed by atoms with Crippen LogP contribution in [0.15, 0.2) is 36.4 Å². The summed E-state index contributed by atoms with van der Waals surface area (Å²) in [6, 6.07) is 7.23. The van der Waals surface area contributed by atoms with Crippen molar-refractivity contribution in [2.45, 2.75) is 6.36 Å². The van der Waals surface area contributed by atoms with Gasteiger partial charge in [0, 0.05) is 11.6 Å². The molecule has 2 N–H and O–H groups in total. The fraction of sp³-hybridized carbons (Fsp3) is 0.188. The fourth-order valence-electron chi connectivity index (χ4n) is 2.00. The number of rotatable bonds is 5. The fourth-order valence-corrected chi connectivity index (χ4v) is 2.00. The van der Waals surface area contributed by atoms with Crippen molar-refractivity contribution in [1.29, 1.82) is 0 Å². The number of carbonyl (C=O) groups is 1. The van der Waals surface area contributed by atoms with Crippen LogP contribution in [0.3, 0.4) is 0 Å². The Labute approximate surface area is 140 Å². The molecule has 0 radical (unpaired) electrons. The van der Waals surface area contributed by atoms with Crippen molar-refractivity contribution in [3.05, 3.63) is 42.0 Å². The van der Waals surface area contributed by atoms with Crippen molar-refractivity contribution in [2.75, 3.05) is 19.5 Å². The zero-order valence-electron chi connectivity index (χ0n) is 13.2. The van der Waals surface area contributed by atoms with Gasteiger partial charge in [-0.05, 0) is 30.3 Å². The highest BCUT2D eigenvalue weighted by Gasteiger charge is 2.32. The average Bonchev–Trinajstić information content (AvgIpc) is 2.55. The third-order valence-corrected chi connectivity index (χ3v) is 3.08. The van der Waals surface area contributed by atoms with Crippen LogP contribution in [0.25, 0.3) is 0 Å². The molecule has 0 aliphatic rings. The predicted molar refractivity (Wildman–Crippen MR) is 82.3 cm³/mol. The number of alkyl halides is 3. The van der Waals surface area contributed by atoms with Gasteiger partial charge in [-0.15, -0.1) is 13.2 Å². The first-order chi connectivity index (χ1) is 11.7. The molecule has 0 unspecified atom stereocenters. The highest BCUT2D eigenvalue weighted by atomic mass is 19.4. The summed E-state index contributed by atoms with van der Waals surface area (Å²) in [5.74, 6) is -1.19. The van der Waals surface area contributed by atoms with Gasteiger partial charge in [-0.1, -0.05) is 0 Å². The number of hydrogen-bond donors (Lipinski definition) is 2. The lowest BCUT2D eigenvalue weighted by Gasteiger charge is -2.15. The molecule has 0 saturated heterocycles. The van der Waals surface area contributed by atoms with E-state index in [0.29, 0.717) is 5.75 Å². The molecule has 6 nitrogen and oxygen atoms in total. The Bertz CT molecular complexity index is 777. The maximum atomic E-state index is 12.4. The summed E-state index contributed by atoms with van der Waals surface area (Å²) >= 11 is 0. The second kappa shape index (κ2) is 7.20. The van der Waals surface area contributed by atoms with E-state index < -0.39 is 23.8 Å².